The molecule has 2 aromatic rings. The third-order valence-electron chi connectivity index (χ3n) is 3.64. The molecule has 0 saturated heterocycles. The summed E-state index contributed by atoms with van der Waals surface area (Å²) in [4.78, 5) is 39.1. The van der Waals surface area contributed by atoms with Crippen LogP contribution in [0.4, 0.5) is 4.39 Å². The van der Waals surface area contributed by atoms with Gasteiger partial charge in [-0.05, 0) is 31.2 Å². The molecule has 0 atom stereocenters. The van der Waals surface area contributed by atoms with Crippen LogP contribution in [0.1, 0.15) is 23.7 Å². The molecule has 32 heavy (non-hydrogen) atoms. The van der Waals surface area contributed by atoms with Crippen molar-refractivity contribution in [2.45, 2.75) is 18.2 Å². The Hall–Kier alpha value is -3.38. The number of carbonyl (C=O) groups is 3. The van der Waals surface area contributed by atoms with Crippen LogP contribution in [0.3, 0.4) is 0 Å². The molecule has 0 bridgehead atoms. The highest BCUT2D eigenvalue weighted by Gasteiger charge is 2.27. The molecule has 2 N–H and O–H groups in total. The molecule has 0 aliphatic rings. The zero-order valence-corrected chi connectivity index (χ0v) is 18.3. The molecule has 0 unspecified atom stereocenters. The number of carboxylic acid groups (broad SMARTS) is 1. The summed E-state index contributed by atoms with van der Waals surface area (Å²) >= 11 is 5.68. The lowest BCUT2D eigenvalue weighted by Gasteiger charge is -2.15. The van der Waals surface area contributed by atoms with Gasteiger partial charge in [-0.2, -0.15) is 5.48 Å². The summed E-state index contributed by atoms with van der Waals surface area (Å²) in [5.41, 5.74) is 1.08. The van der Waals surface area contributed by atoms with Crippen LogP contribution in [0.2, 0.25) is 5.02 Å². The molecule has 0 spiro atoms. The smallest absolute Gasteiger partial charge is 0.337 e. The minimum Gasteiger partial charge on any atom is -0.478 e. The van der Waals surface area contributed by atoms with Gasteiger partial charge < -0.3 is 19.4 Å². The standard InChI is InChI=1S/C19H17ClFNO9S/c1-3-29-17(24)9-16(23)22-31-15-8-11(30-14-5-4-10(20)6-13(14)21)7-12(19(25)26)18(15)32(2,27)28/h4-8H,3,9H2,1-2H3,(H,22,23)(H,25,26). The van der Waals surface area contributed by atoms with Crippen LogP contribution in [-0.4, -0.2) is 44.2 Å². The fourth-order valence-electron chi connectivity index (χ4n) is 2.43. The van der Waals surface area contributed by atoms with Crippen molar-refractivity contribution in [3.05, 3.63) is 46.7 Å². The summed E-state index contributed by atoms with van der Waals surface area (Å²) in [6.07, 6.45) is -0.0124. The van der Waals surface area contributed by atoms with Gasteiger partial charge in [-0.1, -0.05) is 11.6 Å². The van der Waals surface area contributed by atoms with Gasteiger partial charge in [0.05, 0.1) is 12.2 Å². The molecule has 0 fully saturated rings. The molecule has 0 radical (unpaired) electrons. The number of amides is 1. The monoisotopic (exact) mass is 489 g/mol. The highest BCUT2D eigenvalue weighted by atomic mass is 35.5. The van der Waals surface area contributed by atoms with E-state index in [0.717, 1.165) is 24.5 Å². The molecule has 0 aliphatic carbocycles. The summed E-state index contributed by atoms with van der Waals surface area (Å²) in [6, 6.07) is 5.22. The van der Waals surface area contributed by atoms with Crippen molar-refractivity contribution < 1.29 is 46.6 Å². The van der Waals surface area contributed by atoms with Crippen molar-refractivity contribution in [1.29, 1.82) is 0 Å². The largest absolute Gasteiger partial charge is 0.478 e. The number of esters is 1. The third kappa shape index (κ3) is 6.56. The van der Waals surface area contributed by atoms with Gasteiger partial charge in [0.25, 0.3) is 5.91 Å². The van der Waals surface area contributed by atoms with E-state index in [-0.39, 0.29) is 23.1 Å². The Balaban J connectivity index is 2.45. The number of nitrogens with one attached hydrogen (secondary N) is 1. The van der Waals surface area contributed by atoms with Crippen LogP contribution in [0.25, 0.3) is 0 Å². The fourth-order valence-corrected chi connectivity index (χ4v) is 3.60. The zero-order valence-electron chi connectivity index (χ0n) is 16.7. The molecular weight excluding hydrogens is 473 g/mol. The fraction of sp³-hybridized carbons (Fsp3) is 0.211. The third-order valence-corrected chi connectivity index (χ3v) is 5.03. The topological polar surface area (TPSA) is 145 Å². The van der Waals surface area contributed by atoms with Gasteiger partial charge in [0, 0.05) is 17.3 Å². The molecular formula is C19H17ClFNO9S. The number of carboxylic acids is 1. The number of hydrogen-bond donors (Lipinski definition) is 2. The number of benzene rings is 2. The molecule has 1 amide bonds. The highest BCUT2D eigenvalue weighted by molar-refractivity contribution is 7.90. The van der Waals surface area contributed by atoms with Crippen molar-refractivity contribution in [1.82, 2.24) is 5.48 Å². The maximum Gasteiger partial charge on any atom is 0.337 e. The SMILES string of the molecule is CCOC(=O)CC(=O)NOc1cc(Oc2ccc(Cl)cc2F)cc(C(=O)O)c1S(C)(=O)=O. The highest BCUT2D eigenvalue weighted by Crippen LogP contribution is 2.35. The Kier molecular flexibility index (Phi) is 8.00. The van der Waals surface area contributed by atoms with Gasteiger partial charge in [0.2, 0.25) is 0 Å². The van der Waals surface area contributed by atoms with E-state index < -0.39 is 56.1 Å². The lowest BCUT2D eigenvalue weighted by molar-refractivity contribution is -0.147. The number of hydroxylamine groups is 1. The first-order valence-corrected chi connectivity index (χ1v) is 11.0. The number of halogens is 2. The van der Waals surface area contributed by atoms with Crippen LogP contribution >= 0.6 is 11.6 Å². The van der Waals surface area contributed by atoms with E-state index in [1.165, 1.54) is 19.1 Å². The molecule has 0 aromatic heterocycles. The van der Waals surface area contributed by atoms with Crippen LogP contribution in [0.15, 0.2) is 35.2 Å². The Morgan fingerprint density at radius 2 is 1.84 bits per heavy atom. The first kappa shape index (κ1) is 24.9. The van der Waals surface area contributed by atoms with Crippen LogP contribution in [-0.2, 0) is 24.2 Å². The van der Waals surface area contributed by atoms with Crippen molar-refractivity contribution in [3.8, 4) is 17.2 Å². The quantitative estimate of drug-likeness (QED) is 0.308. The van der Waals surface area contributed by atoms with Gasteiger partial charge in [-0.25, -0.2) is 17.6 Å². The van der Waals surface area contributed by atoms with E-state index in [4.69, 9.17) is 21.2 Å². The number of carbonyl (C=O) groups excluding carboxylic acids is 2. The maximum atomic E-state index is 14.0. The predicted octanol–water partition coefficient (Wildman–Crippen LogP) is 2.74. The van der Waals surface area contributed by atoms with Gasteiger partial charge in [-0.15, -0.1) is 0 Å². The number of sulfone groups is 1. The van der Waals surface area contributed by atoms with Gasteiger partial charge in [0.1, 0.15) is 17.1 Å². The maximum absolute atomic E-state index is 14.0. The van der Waals surface area contributed by atoms with Crippen LogP contribution in [0.5, 0.6) is 17.2 Å². The Bertz CT molecular complexity index is 1170. The number of rotatable bonds is 9. The Labute approximate surface area is 186 Å². The molecule has 172 valence electrons. The van der Waals surface area contributed by atoms with Gasteiger partial charge in [-0.3, -0.25) is 9.59 Å². The molecule has 2 rings (SSSR count). The molecule has 13 heteroatoms. The van der Waals surface area contributed by atoms with E-state index in [1.54, 1.807) is 0 Å². The molecule has 0 aliphatic heterocycles. The summed E-state index contributed by atoms with van der Waals surface area (Å²) in [7, 11) is -4.19. The van der Waals surface area contributed by atoms with Crippen molar-refractivity contribution in [2.75, 3.05) is 12.9 Å². The average molecular weight is 490 g/mol. The number of ether oxygens (including phenoxy) is 2. The minimum absolute atomic E-state index is 0.0355. The van der Waals surface area contributed by atoms with Gasteiger partial charge in [0.15, 0.2) is 27.2 Å². The minimum atomic E-state index is -4.19. The molecule has 0 heterocycles. The first-order valence-electron chi connectivity index (χ1n) is 8.78. The predicted molar refractivity (Wildman–Crippen MR) is 108 cm³/mol. The van der Waals surface area contributed by atoms with Crippen LogP contribution < -0.4 is 15.1 Å². The first-order chi connectivity index (χ1) is 14.9. The van der Waals surface area contributed by atoms with Crippen molar-refractivity contribution in [3.63, 3.8) is 0 Å². The van der Waals surface area contributed by atoms with E-state index >= 15 is 0 Å². The second kappa shape index (κ2) is 10.3. The second-order valence-electron chi connectivity index (χ2n) is 6.16. The van der Waals surface area contributed by atoms with Crippen LogP contribution in [0, 0.1) is 5.82 Å². The lowest BCUT2D eigenvalue weighted by Crippen LogP contribution is -2.30. The van der Waals surface area contributed by atoms with Gasteiger partial charge >= 0.3 is 11.9 Å². The van der Waals surface area contributed by atoms with E-state index in [1.807, 2.05) is 5.48 Å². The van der Waals surface area contributed by atoms with E-state index in [0.29, 0.717) is 0 Å². The zero-order chi connectivity index (χ0) is 24.1. The number of hydrogen-bond acceptors (Lipinski definition) is 8. The summed E-state index contributed by atoms with van der Waals surface area (Å²) in [5, 5.41) is 9.56. The summed E-state index contributed by atoms with van der Waals surface area (Å²) in [5.74, 6) is -5.66. The van der Waals surface area contributed by atoms with E-state index in [2.05, 4.69) is 4.74 Å². The molecule has 10 nitrogen and oxygen atoms in total. The normalized spacial score (nSPS) is 10.9. The van der Waals surface area contributed by atoms with Crippen molar-refractivity contribution in [2.24, 2.45) is 0 Å². The second-order valence-corrected chi connectivity index (χ2v) is 8.55. The Morgan fingerprint density at radius 1 is 1.16 bits per heavy atom. The summed E-state index contributed by atoms with van der Waals surface area (Å²) in [6.45, 7) is 1.57. The van der Waals surface area contributed by atoms with E-state index in [9.17, 15) is 32.3 Å². The summed E-state index contributed by atoms with van der Waals surface area (Å²) < 4.78 is 48.4. The number of aromatic carboxylic acids is 1. The molecule has 0 saturated carbocycles. The average Bonchev–Trinajstić information content (AvgIpc) is 2.67. The van der Waals surface area contributed by atoms with Crippen molar-refractivity contribution >= 4 is 39.3 Å². The Morgan fingerprint density at radius 3 is 2.41 bits per heavy atom. The molecule has 2 aromatic carbocycles. The lowest BCUT2D eigenvalue weighted by atomic mass is 10.2.